The van der Waals surface area contributed by atoms with Crippen LogP contribution in [0, 0.1) is 0 Å². The lowest BCUT2D eigenvalue weighted by Gasteiger charge is -2.03. The van der Waals surface area contributed by atoms with Crippen molar-refractivity contribution in [1.29, 1.82) is 0 Å². The molecule has 0 aliphatic rings. The molecule has 58 heavy (non-hydrogen) atoms. The largest absolute Gasteiger partial charge is 0.205 e. The fourth-order valence-corrected chi connectivity index (χ4v) is 8.25. The summed E-state index contributed by atoms with van der Waals surface area (Å²) in [6.45, 7) is 6.85. The van der Waals surface area contributed by atoms with Crippen LogP contribution in [0.4, 0.5) is 0 Å². The summed E-state index contributed by atoms with van der Waals surface area (Å²) in [6, 6.07) is 17.8. The molecule has 0 atom stereocenters. The van der Waals surface area contributed by atoms with Crippen LogP contribution in [0.1, 0.15) is 242 Å². The third-order valence-corrected chi connectivity index (χ3v) is 12.2. The van der Waals surface area contributed by atoms with Crippen LogP contribution >= 0.6 is 0 Å². The molecule has 322 valence electrons. The van der Waals surface area contributed by atoms with Crippen molar-refractivity contribution in [1.82, 2.24) is 0 Å². The maximum absolute atomic E-state index is 2.34. The summed E-state index contributed by atoms with van der Waals surface area (Å²) in [6.07, 6.45) is 63.3. The zero-order valence-electron chi connectivity index (χ0n) is 38.2. The second-order valence-corrected chi connectivity index (χ2v) is 17.7. The Labute approximate surface area is 360 Å². The standard InChI is InChI=1S/C56H90N2/c1-3-5-7-9-11-13-15-17-19-21-23-25-27-29-31-33-47-57-49-43-55(44-50-57)41-39-53-35-37-54(38-36-53)40-42-56-45-51-58(52-46-56)48-34-32-30-28-26-24-22-20-18-16-14-12-10-8-6-4-2/h35-46,49-52H,3-34,47-48H2,1-2H3/q+2/b41-39+,42-40+. The zero-order valence-corrected chi connectivity index (χ0v) is 38.2. The Kier molecular flexibility index (Phi) is 30.6. The number of hydrogen-bond acceptors (Lipinski definition) is 0. The van der Waals surface area contributed by atoms with Gasteiger partial charge in [-0.1, -0.05) is 242 Å². The molecule has 2 nitrogen and oxygen atoms in total. The van der Waals surface area contributed by atoms with E-state index in [1.165, 1.54) is 228 Å². The summed E-state index contributed by atoms with van der Waals surface area (Å²) in [7, 11) is 0. The average Bonchev–Trinajstić information content (AvgIpc) is 3.26. The van der Waals surface area contributed by atoms with Crippen LogP contribution in [-0.2, 0) is 13.1 Å². The van der Waals surface area contributed by atoms with E-state index >= 15 is 0 Å². The van der Waals surface area contributed by atoms with Crippen molar-refractivity contribution in [3.05, 3.63) is 95.6 Å². The van der Waals surface area contributed by atoms with Gasteiger partial charge in [-0.05, 0) is 35.1 Å². The van der Waals surface area contributed by atoms with E-state index in [2.05, 4.69) is 121 Å². The van der Waals surface area contributed by atoms with E-state index in [0.717, 1.165) is 13.1 Å². The minimum Gasteiger partial charge on any atom is -0.205 e. The van der Waals surface area contributed by atoms with E-state index < -0.39 is 0 Å². The van der Waals surface area contributed by atoms with Crippen molar-refractivity contribution in [2.24, 2.45) is 0 Å². The summed E-state index contributed by atoms with van der Waals surface area (Å²) < 4.78 is 4.69. The first-order chi connectivity index (χ1) is 28.8. The van der Waals surface area contributed by atoms with Gasteiger partial charge < -0.3 is 0 Å². The van der Waals surface area contributed by atoms with E-state index in [4.69, 9.17) is 0 Å². The third-order valence-electron chi connectivity index (χ3n) is 12.2. The van der Waals surface area contributed by atoms with Crippen molar-refractivity contribution in [2.45, 2.75) is 232 Å². The first-order valence-corrected chi connectivity index (χ1v) is 25.2. The third kappa shape index (κ3) is 26.9. The Morgan fingerprint density at radius 1 is 0.259 bits per heavy atom. The molecular weight excluding hydrogens is 701 g/mol. The van der Waals surface area contributed by atoms with Crippen molar-refractivity contribution >= 4 is 24.3 Å². The molecule has 0 aliphatic carbocycles. The van der Waals surface area contributed by atoms with Gasteiger partial charge in [-0.2, -0.15) is 0 Å². The smallest absolute Gasteiger partial charge is 0.169 e. The lowest BCUT2D eigenvalue weighted by molar-refractivity contribution is -0.697. The van der Waals surface area contributed by atoms with Crippen LogP contribution in [0.15, 0.2) is 73.3 Å². The van der Waals surface area contributed by atoms with Crippen LogP contribution in [0.3, 0.4) is 0 Å². The molecule has 2 heterocycles. The van der Waals surface area contributed by atoms with Crippen LogP contribution in [0.5, 0.6) is 0 Å². The van der Waals surface area contributed by atoms with Gasteiger partial charge in [0.25, 0.3) is 0 Å². The first kappa shape index (κ1) is 49.4. The summed E-state index contributed by atoms with van der Waals surface area (Å²) in [5.41, 5.74) is 4.97. The number of nitrogens with zero attached hydrogens (tertiary/aromatic N) is 2. The van der Waals surface area contributed by atoms with E-state index in [1.807, 2.05) is 0 Å². The van der Waals surface area contributed by atoms with Crippen molar-refractivity contribution in [2.75, 3.05) is 0 Å². The topological polar surface area (TPSA) is 7.76 Å². The molecule has 0 spiro atoms. The summed E-state index contributed by atoms with van der Waals surface area (Å²) in [5, 5.41) is 0. The lowest BCUT2D eigenvalue weighted by atomic mass is 10.0. The fraction of sp³-hybridized carbons (Fsp3) is 0.643. The quantitative estimate of drug-likeness (QED) is 0.0403. The van der Waals surface area contributed by atoms with Gasteiger partial charge in [0, 0.05) is 37.1 Å². The molecule has 0 bridgehead atoms. The maximum atomic E-state index is 2.34. The highest BCUT2D eigenvalue weighted by atomic mass is 14.9. The highest BCUT2D eigenvalue weighted by Crippen LogP contribution is 2.16. The highest BCUT2D eigenvalue weighted by molar-refractivity contribution is 5.72. The molecule has 0 amide bonds. The van der Waals surface area contributed by atoms with E-state index in [1.54, 1.807) is 0 Å². The molecule has 3 aromatic rings. The molecular formula is C56H90N2+2. The molecule has 2 aromatic heterocycles. The minimum absolute atomic E-state index is 1.12. The molecule has 2 heteroatoms. The van der Waals surface area contributed by atoms with Crippen molar-refractivity contribution in [3.63, 3.8) is 0 Å². The number of aromatic nitrogens is 2. The average molecular weight is 791 g/mol. The predicted octanol–water partition coefficient (Wildman–Crippen LogP) is 17.1. The van der Waals surface area contributed by atoms with Crippen LogP contribution < -0.4 is 9.13 Å². The van der Waals surface area contributed by atoms with Gasteiger partial charge in [0.2, 0.25) is 0 Å². The Morgan fingerprint density at radius 2 is 0.448 bits per heavy atom. The molecule has 0 unspecified atom stereocenters. The van der Waals surface area contributed by atoms with Gasteiger partial charge in [0.1, 0.15) is 13.1 Å². The normalized spacial score (nSPS) is 11.8. The van der Waals surface area contributed by atoms with Gasteiger partial charge in [-0.15, -0.1) is 0 Å². The Hall–Kier alpha value is -3.00. The van der Waals surface area contributed by atoms with Gasteiger partial charge in [-0.25, -0.2) is 9.13 Å². The molecule has 0 fully saturated rings. The number of rotatable bonds is 38. The minimum atomic E-state index is 1.12. The summed E-state index contributed by atoms with van der Waals surface area (Å²) in [5.74, 6) is 0. The van der Waals surface area contributed by atoms with Gasteiger partial charge in [0.15, 0.2) is 24.8 Å². The Bertz CT molecular complexity index is 1280. The molecule has 0 aliphatic heterocycles. The predicted molar refractivity (Wildman–Crippen MR) is 257 cm³/mol. The van der Waals surface area contributed by atoms with Crippen molar-refractivity contribution < 1.29 is 9.13 Å². The van der Waals surface area contributed by atoms with Crippen LogP contribution in [0.25, 0.3) is 24.3 Å². The maximum Gasteiger partial charge on any atom is 0.169 e. The molecule has 0 radical (unpaired) electrons. The molecule has 0 N–H and O–H groups in total. The number of benzene rings is 1. The number of hydrogen-bond donors (Lipinski definition) is 0. The first-order valence-electron chi connectivity index (χ1n) is 25.2. The summed E-state index contributed by atoms with van der Waals surface area (Å²) >= 11 is 0. The van der Waals surface area contributed by atoms with Crippen LogP contribution in [0.2, 0.25) is 0 Å². The van der Waals surface area contributed by atoms with E-state index in [-0.39, 0.29) is 0 Å². The summed E-state index contributed by atoms with van der Waals surface area (Å²) in [4.78, 5) is 0. The van der Waals surface area contributed by atoms with Crippen LogP contribution in [-0.4, -0.2) is 0 Å². The molecule has 1 aromatic carbocycles. The lowest BCUT2D eigenvalue weighted by Crippen LogP contribution is -2.32. The SMILES string of the molecule is CCCCCCCCCCCCCCCCCC[n+]1ccc(/C=C/c2ccc(/C=C/c3cc[n+](CCCCCCCCCCCCCCCCCC)cc3)cc2)cc1. The van der Waals surface area contributed by atoms with Gasteiger partial charge >= 0.3 is 0 Å². The highest BCUT2D eigenvalue weighted by Gasteiger charge is 2.03. The van der Waals surface area contributed by atoms with Gasteiger partial charge in [-0.3, -0.25) is 0 Å². The molecule has 0 saturated heterocycles. The monoisotopic (exact) mass is 791 g/mol. The number of unbranched alkanes of at least 4 members (excludes halogenated alkanes) is 30. The molecule has 0 saturated carbocycles. The number of aryl methyl sites for hydroxylation is 2. The van der Waals surface area contributed by atoms with E-state index in [0.29, 0.717) is 0 Å². The van der Waals surface area contributed by atoms with E-state index in [9.17, 15) is 0 Å². The second-order valence-electron chi connectivity index (χ2n) is 17.7. The zero-order chi connectivity index (χ0) is 40.8. The Morgan fingerprint density at radius 3 is 0.672 bits per heavy atom. The van der Waals surface area contributed by atoms with Crippen molar-refractivity contribution in [3.8, 4) is 0 Å². The second kappa shape index (κ2) is 35.9. The fourth-order valence-electron chi connectivity index (χ4n) is 8.25. The molecule has 3 rings (SSSR count). The Balaban J connectivity index is 1.16. The number of pyridine rings is 2. The van der Waals surface area contributed by atoms with Gasteiger partial charge in [0.05, 0.1) is 0 Å².